The smallest absolute Gasteiger partial charge is 0.255 e. The van der Waals surface area contributed by atoms with Crippen molar-refractivity contribution in [3.8, 4) is 5.75 Å². The lowest BCUT2D eigenvalue weighted by atomic mass is 10.2. The minimum atomic E-state index is -3.58. The Balaban J connectivity index is 1.68. The summed E-state index contributed by atoms with van der Waals surface area (Å²) in [5.74, 6) is 1.39. The number of furan rings is 1. The minimum Gasteiger partial charge on any atom is -0.484 e. The van der Waals surface area contributed by atoms with Gasteiger partial charge in [-0.15, -0.1) is 11.8 Å². The van der Waals surface area contributed by atoms with Gasteiger partial charge in [-0.2, -0.15) is 4.31 Å². The zero-order valence-electron chi connectivity index (χ0n) is 14.0. The van der Waals surface area contributed by atoms with Crippen LogP contribution in [0.4, 0.5) is 0 Å². The maximum Gasteiger partial charge on any atom is 0.255 e. The van der Waals surface area contributed by atoms with Crippen LogP contribution in [0.1, 0.15) is 17.4 Å². The molecule has 2 heterocycles. The second-order valence-corrected chi connectivity index (χ2v) is 9.04. The number of nitrogens with zero attached hydrogens (tertiary/aromatic N) is 1. The van der Waals surface area contributed by atoms with Crippen LogP contribution in [0.2, 0.25) is 0 Å². The van der Waals surface area contributed by atoms with Crippen molar-refractivity contribution < 1.29 is 22.4 Å². The van der Waals surface area contributed by atoms with Crippen LogP contribution in [0, 0.1) is 0 Å². The molecule has 0 saturated carbocycles. The molecule has 0 radical (unpaired) electrons. The zero-order valence-corrected chi connectivity index (χ0v) is 15.7. The van der Waals surface area contributed by atoms with E-state index in [-0.39, 0.29) is 16.8 Å². The van der Waals surface area contributed by atoms with E-state index in [0.29, 0.717) is 31.0 Å². The summed E-state index contributed by atoms with van der Waals surface area (Å²) in [5.41, 5.74) is 5.02. The van der Waals surface area contributed by atoms with Gasteiger partial charge in [-0.3, -0.25) is 4.79 Å². The van der Waals surface area contributed by atoms with Gasteiger partial charge >= 0.3 is 0 Å². The number of sulfonamides is 1. The molecule has 1 aromatic carbocycles. The third-order valence-corrected chi connectivity index (χ3v) is 7.21. The van der Waals surface area contributed by atoms with Gasteiger partial charge in [0.25, 0.3) is 5.91 Å². The highest BCUT2D eigenvalue weighted by molar-refractivity contribution is 7.99. The van der Waals surface area contributed by atoms with Gasteiger partial charge in [0.1, 0.15) is 11.5 Å². The molecule has 140 valence electrons. The van der Waals surface area contributed by atoms with E-state index in [9.17, 15) is 13.2 Å². The van der Waals surface area contributed by atoms with Crippen molar-refractivity contribution in [2.75, 3.05) is 25.4 Å². The first-order chi connectivity index (χ1) is 12.5. The lowest BCUT2D eigenvalue weighted by Gasteiger charge is -2.20. The summed E-state index contributed by atoms with van der Waals surface area (Å²) in [5, 5.41) is 0.162. The van der Waals surface area contributed by atoms with E-state index in [4.69, 9.17) is 14.9 Å². The fourth-order valence-corrected chi connectivity index (χ4v) is 5.46. The zero-order chi connectivity index (χ0) is 18.6. The fraction of sp³-hybridized carbons (Fsp3) is 0.353. The van der Waals surface area contributed by atoms with Crippen LogP contribution in [0.5, 0.6) is 5.75 Å². The van der Waals surface area contributed by atoms with Gasteiger partial charge in [-0.05, 0) is 42.8 Å². The molecule has 1 fully saturated rings. The highest BCUT2D eigenvalue weighted by Crippen LogP contribution is 2.35. The Bertz CT molecular complexity index is 835. The van der Waals surface area contributed by atoms with Crippen molar-refractivity contribution in [3.63, 3.8) is 0 Å². The van der Waals surface area contributed by atoms with Crippen LogP contribution >= 0.6 is 11.8 Å². The van der Waals surface area contributed by atoms with E-state index >= 15 is 0 Å². The van der Waals surface area contributed by atoms with Crippen LogP contribution in [0.25, 0.3) is 0 Å². The summed E-state index contributed by atoms with van der Waals surface area (Å²) in [6, 6.07) is 9.77. The first kappa shape index (κ1) is 18.8. The minimum absolute atomic E-state index is 0.162. The monoisotopic (exact) mass is 396 g/mol. The average molecular weight is 396 g/mol. The molecule has 3 rings (SSSR count). The van der Waals surface area contributed by atoms with Crippen molar-refractivity contribution in [2.45, 2.75) is 16.6 Å². The van der Waals surface area contributed by atoms with Gasteiger partial charge in [-0.25, -0.2) is 8.42 Å². The number of ether oxygens (including phenoxy) is 1. The largest absolute Gasteiger partial charge is 0.484 e. The Labute approximate surface area is 156 Å². The van der Waals surface area contributed by atoms with Gasteiger partial charge < -0.3 is 14.9 Å². The van der Waals surface area contributed by atoms with E-state index in [1.54, 1.807) is 18.0 Å². The molecule has 1 aromatic heterocycles. The number of amides is 1. The third kappa shape index (κ3) is 4.40. The van der Waals surface area contributed by atoms with E-state index in [1.807, 2.05) is 12.1 Å². The molecule has 1 saturated heterocycles. The summed E-state index contributed by atoms with van der Waals surface area (Å²) in [4.78, 5) is 10.9. The number of thioether (sulfide) groups is 1. The lowest BCUT2D eigenvalue weighted by Crippen LogP contribution is -2.33. The molecule has 0 aliphatic carbocycles. The highest BCUT2D eigenvalue weighted by atomic mass is 32.2. The molecular formula is C17H20N2O5S2. The predicted octanol–water partition coefficient (Wildman–Crippen LogP) is 2.01. The van der Waals surface area contributed by atoms with Crippen molar-refractivity contribution in [2.24, 2.45) is 5.73 Å². The first-order valence-electron chi connectivity index (χ1n) is 8.13. The molecule has 1 aliphatic rings. The molecule has 0 bridgehead atoms. The SMILES string of the molecule is NC(=O)COc1ccc(S(=O)(=O)N2CCSC(c3ccco3)CC2)cc1. The van der Waals surface area contributed by atoms with Crippen LogP contribution in [-0.4, -0.2) is 44.1 Å². The van der Waals surface area contributed by atoms with Gasteiger partial charge in [0.15, 0.2) is 6.61 Å². The lowest BCUT2D eigenvalue weighted by molar-refractivity contribution is -0.119. The molecule has 0 spiro atoms. The number of primary amides is 1. The number of carbonyl (C=O) groups is 1. The van der Waals surface area contributed by atoms with Gasteiger partial charge in [-0.1, -0.05) is 0 Å². The number of hydrogen-bond acceptors (Lipinski definition) is 6. The van der Waals surface area contributed by atoms with E-state index < -0.39 is 15.9 Å². The standard InChI is InChI=1S/C17H20N2O5S2/c18-17(20)12-24-13-3-5-14(6-4-13)26(21,22)19-8-7-16(25-11-9-19)15-2-1-10-23-15/h1-6,10,16H,7-9,11-12H2,(H2,18,20). The van der Waals surface area contributed by atoms with Gasteiger partial charge in [0, 0.05) is 18.8 Å². The summed E-state index contributed by atoms with van der Waals surface area (Å²) >= 11 is 1.70. The third-order valence-electron chi connectivity index (χ3n) is 4.00. The van der Waals surface area contributed by atoms with Crippen molar-refractivity contribution in [1.29, 1.82) is 0 Å². The molecule has 7 nitrogen and oxygen atoms in total. The molecule has 1 unspecified atom stereocenters. The number of benzene rings is 1. The quantitative estimate of drug-likeness (QED) is 0.801. The Morgan fingerprint density at radius 1 is 1.27 bits per heavy atom. The molecule has 2 aromatic rings. The van der Waals surface area contributed by atoms with Crippen molar-refractivity contribution >= 4 is 27.7 Å². The van der Waals surface area contributed by atoms with Gasteiger partial charge in [0.2, 0.25) is 10.0 Å². The summed E-state index contributed by atoms with van der Waals surface area (Å²) < 4.78 is 37.9. The number of hydrogen-bond donors (Lipinski definition) is 1. The average Bonchev–Trinajstić information content (AvgIpc) is 3.04. The Morgan fingerprint density at radius 3 is 2.69 bits per heavy atom. The summed E-state index contributed by atoms with van der Waals surface area (Å²) in [6.45, 7) is 0.633. The first-order valence-corrected chi connectivity index (χ1v) is 10.6. The van der Waals surface area contributed by atoms with E-state index in [0.717, 1.165) is 5.76 Å². The Morgan fingerprint density at radius 2 is 2.04 bits per heavy atom. The molecule has 26 heavy (non-hydrogen) atoms. The van der Waals surface area contributed by atoms with E-state index in [2.05, 4.69) is 0 Å². The maximum atomic E-state index is 12.9. The van der Waals surface area contributed by atoms with Crippen molar-refractivity contribution in [1.82, 2.24) is 4.31 Å². The molecular weight excluding hydrogens is 376 g/mol. The number of rotatable bonds is 6. The summed E-state index contributed by atoms with van der Waals surface area (Å²) in [7, 11) is -3.58. The van der Waals surface area contributed by atoms with Crippen molar-refractivity contribution in [3.05, 3.63) is 48.4 Å². The second kappa shape index (κ2) is 8.15. The Kier molecular flexibility index (Phi) is 5.90. The van der Waals surface area contributed by atoms with E-state index in [1.165, 1.54) is 28.6 Å². The molecule has 1 aliphatic heterocycles. The summed E-state index contributed by atoms with van der Waals surface area (Å²) in [6.07, 6.45) is 2.33. The molecule has 1 amide bonds. The topological polar surface area (TPSA) is 103 Å². The second-order valence-electron chi connectivity index (χ2n) is 5.79. The van der Waals surface area contributed by atoms with Crippen LogP contribution in [-0.2, 0) is 14.8 Å². The molecule has 9 heteroatoms. The number of nitrogens with two attached hydrogens (primary N) is 1. The fourth-order valence-electron chi connectivity index (χ4n) is 2.70. The highest BCUT2D eigenvalue weighted by Gasteiger charge is 2.29. The molecule has 2 N–H and O–H groups in total. The maximum absolute atomic E-state index is 12.9. The molecule has 1 atom stereocenters. The van der Waals surface area contributed by atoms with Crippen LogP contribution in [0.15, 0.2) is 52.0 Å². The predicted molar refractivity (Wildman–Crippen MR) is 98.4 cm³/mol. The number of carbonyl (C=O) groups excluding carboxylic acids is 1. The van der Waals surface area contributed by atoms with Crippen LogP contribution in [0.3, 0.4) is 0 Å². The van der Waals surface area contributed by atoms with Crippen LogP contribution < -0.4 is 10.5 Å². The normalized spacial score (nSPS) is 19.0. The van der Waals surface area contributed by atoms with Gasteiger partial charge in [0.05, 0.1) is 16.4 Å². The Hall–Kier alpha value is -1.97.